The summed E-state index contributed by atoms with van der Waals surface area (Å²) in [6.07, 6.45) is 1.46. The van der Waals surface area contributed by atoms with Gasteiger partial charge in [0.05, 0.1) is 12.1 Å². The molecule has 0 bridgehead atoms. The lowest BCUT2D eigenvalue weighted by molar-refractivity contribution is 0.0519. The number of aliphatic hydroxyl groups excluding tert-OH is 1. The predicted molar refractivity (Wildman–Crippen MR) is 103 cm³/mol. The largest absolute Gasteiger partial charge is 0.490 e. The van der Waals surface area contributed by atoms with E-state index < -0.39 is 6.10 Å². The zero-order chi connectivity index (χ0) is 19.1. The van der Waals surface area contributed by atoms with Crippen LogP contribution in [-0.4, -0.2) is 48.0 Å². The molecule has 6 nitrogen and oxygen atoms in total. The first-order valence-electron chi connectivity index (χ1n) is 9.34. The Kier molecular flexibility index (Phi) is 7.48. The van der Waals surface area contributed by atoms with Gasteiger partial charge in [-0.1, -0.05) is 19.9 Å². The zero-order valence-electron chi connectivity index (χ0n) is 16.1. The summed E-state index contributed by atoms with van der Waals surface area (Å²) in [5, 5.41) is 14.4. The summed E-state index contributed by atoms with van der Waals surface area (Å²) in [6, 6.07) is 6.01. The molecule has 0 saturated carbocycles. The second-order valence-electron chi connectivity index (χ2n) is 6.41. The van der Waals surface area contributed by atoms with Crippen molar-refractivity contribution in [3.05, 3.63) is 29.5 Å². The molecule has 1 aromatic carbocycles. The van der Waals surface area contributed by atoms with Gasteiger partial charge in [0.25, 0.3) is 0 Å². The van der Waals surface area contributed by atoms with Gasteiger partial charge in [-0.15, -0.1) is 0 Å². The number of aromatic nitrogens is 1. The molecule has 6 heteroatoms. The van der Waals surface area contributed by atoms with Crippen LogP contribution in [0, 0.1) is 6.92 Å². The Morgan fingerprint density at radius 3 is 2.65 bits per heavy atom. The van der Waals surface area contributed by atoms with Crippen LogP contribution >= 0.6 is 0 Å². The Labute approximate surface area is 154 Å². The number of hydrogen-bond donors (Lipinski definition) is 3. The molecular weight excluding hydrogens is 332 g/mol. The Morgan fingerprint density at radius 2 is 2.00 bits per heavy atom. The van der Waals surface area contributed by atoms with Crippen molar-refractivity contribution in [2.45, 2.75) is 52.7 Å². The highest BCUT2D eigenvalue weighted by atomic mass is 16.5. The molecule has 2 rings (SSSR count). The molecule has 1 heterocycles. The first kappa shape index (κ1) is 20.3. The molecule has 0 aliphatic heterocycles. The fourth-order valence-electron chi connectivity index (χ4n) is 3.03. The summed E-state index contributed by atoms with van der Waals surface area (Å²) in [4.78, 5) is 15.2. The molecule has 144 valence electrons. The second-order valence-corrected chi connectivity index (χ2v) is 6.41. The minimum absolute atomic E-state index is 0.186. The van der Waals surface area contributed by atoms with Gasteiger partial charge in [0.2, 0.25) is 0 Å². The lowest BCUT2D eigenvalue weighted by Crippen LogP contribution is -2.37. The van der Waals surface area contributed by atoms with Crippen molar-refractivity contribution in [2.75, 3.05) is 19.8 Å². The van der Waals surface area contributed by atoms with Crippen LogP contribution in [0.4, 0.5) is 0 Å². The van der Waals surface area contributed by atoms with E-state index in [4.69, 9.17) is 9.47 Å². The lowest BCUT2D eigenvalue weighted by atomic mass is 10.1. The van der Waals surface area contributed by atoms with E-state index in [0.29, 0.717) is 30.6 Å². The van der Waals surface area contributed by atoms with Crippen LogP contribution in [0.1, 0.15) is 49.7 Å². The molecule has 0 amide bonds. The summed E-state index contributed by atoms with van der Waals surface area (Å²) >= 11 is 0. The average Bonchev–Trinajstić information content (AvgIpc) is 2.98. The minimum atomic E-state index is -0.602. The van der Waals surface area contributed by atoms with Crippen LogP contribution in [0.25, 0.3) is 10.9 Å². The van der Waals surface area contributed by atoms with Gasteiger partial charge in [0.1, 0.15) is 24.2 Å². The highest BCUT2D eigenvalue weighted by molar-refractivity contribution is 6.00. The monoisotopic (exact) mass is 362 g/mol. The van der Waals surface area contributed by atoms with E-state index in [-0.39, 0.29) is 12.6 Å². The van der Waals surface area contributed by atoms with Gasteiger partial charge >= 0.3 is 5.97 Å². The topological polar surface area (TPSA) is 83.6 Å². The molecule has 26 heavy (non-hydrogen) atoms. The van der Waals surface area contributed by atoms with Gasteiger partial charge in [-0.2, -0.15) is 0 Å². The first-order chi connectivity index (χ1) is 12.5. The summed E-state index contributed by atoms with van der Waals surface area (Å²) < 4.78 is 10.9. The third-order valence-corrected chi connectivity index (χ3v) is 4.57. The van der Waals surface area contributed by atoms with Crippen LogP contribution in [0.2, 0.25) is 0 Å². The van der Waals surface area contributed by atoms with Crippen molar-refractivity contribution in [3.63, 3.8) is 0 Å². The number of hydrogen-bond acceptors (Lipinski definition) is 5. The second kappa shape index (κ2) is 9.59. The van der Waals surface area contributed by atoms with Crippen molar-refractivity contribution in [1.82, 2.24) is 10.3 Å². The van der Waals surface area contributed by atoms with Crippen molar-refractivity contribution in [2.24, 2.45) is 0 Å². The summed E-state index contributed by atoms with van der Waals surface area (Å²) in [6.45, 7) is 8.90. The molecule has 0 spiro atoms. The van der Waals surface area contributed by atoms with Crippen LogP contribution in [0.3, 0.4) is 0 Å². The Balaban J connectivity index is 2.09. The summed E-state index contributed by atoms with van der Waals surface area (Å²) in [5.74, 6) is 0.273. The molecule has 0 aliphatic rings. The number of ether oxygens (including phenoxy) is 2. The number of benzene rings is 1. The smallest absolute Gasteiger partial charge is 0.355 e. The molecule has 1 aromatic heterocycles. The summed E-state index contributed by atoms with van der Waals surface area (Å²) in [5.41, 5.74) is 2.04. The number of carbonyl (C=O) groups is 1. The number of esters is 1. The standard InChI is InChI=1S/C20H30N2O4/c1-5-14(6-2)21-11-15(23)12-26-17-10-8-9-16-18(17)13(4)19(22-16)20(24)25-7-3/h8-10,14-15,21-23H,5-7,11-12H2,1-4H3. The highest BCUT2D eigenvalue weighted by Crippen LogP contribution is 2.31. The number of nitrogens with one attached hydrogen (secondary N) is 2. The van der Waals surface area contributed by atoms with Crippen molar-refractivity contribution in [3.8, 4) is 5.75 Å². The molecule has 0 aliphatic carbocycles. The molecule has 0 saturated heterocycles. The molecule has 2 aromatic rings. The number of rotatable bonds is 10. The molecule has 3 N–H and O–H groups in total. The lowest BCUT2D eigenvalue weighted by Gasteiger charge is -2.18. The minimum Gasteiger partial charge on any atom is -0.490 e. The van der Waals surface area contributed by atoms with Crippen LogP contribution in [0.5, 0.6) is 5.75 Å². The normalized spacial score (nSPS) is 12.5. The van der Waals surface area contributed by atoms with E-state index in [1.165, 1.54) is 0 Å². The van der Waals surface area contributed by atoms with Gasteiger partial charge in [-0.25, -0.2) is 4.79 Å². The maximum atomic E-state index is 12.1. The average molecular weight is 362 g/mol. The molecular formula is C20H30N2O4. The maximum absolute atomic E-state index is 12.1. The van der Waals surface area contributed by atoms with Crippen molar-refractivity contribution in [1.29, 1.82) is 0 Å². The quantitative estimate of drug-likeness (QED) is 0.566. The van der Waals surface area contributed by atoms with Crippen LogP contribution in [0.15, 0.2) is 18.2 Å². The molecule has 1 unspecified atom stereocenters. The third kappa shape index (κ3) is 4.77. The van der Waals surface area contributed by atoms with E-state index in [0.717, 1.165) is 29.3 Å². The van der Waals surface area contributed by atoms with Gasteiger partial charge in [0, 0.05) is 18.0 Å². The SMILES string of the molecule is CCOC(=O)c1[nH]c2cccc(OCC(O)CNC(CC)CC)c2c1C. The zero-order valence-corrected chi connectivity index (χ0v) is 16.1. The van der Waals surface area contributed by atoms with Crippen molar-refractivity contribution >= 4 is 16.9 Å². The van der Waals surface area contributed by atoms with Gasteiger partial charge in [-0.05, 0) is 44.4 Å². The maximum Gasteiger partial charge on any atom is 0.355 e. The molecule has 1 atom stereocenters. The Morgan fingerprint density at radius 1 is 1.27 bits per heavy atom. The number of aryl methyl sites for hydroxylation is 1. The van der Waals surface area contributed by atoms with Gasteiger partial charge in [0.15, 0.2) is 0 Å². The fraction of sp³-hybridized carbons (Fsp3) is 0.550. The summed E-state index contributed by atoms with van der Waals surface area (Å²) in [7, 11) is 0. The third-order valence-electron chi connectivity index (χ3n) is 4.57. The Hall–Kier alpha value is -2.05. The van der Waals surface area contributed by atoms with Gasteiger partial charge < -0.3 is 24.9 Å². The number of carbonyl (C=O) groups excluding carboxylic acids is 1. The molecule has 0 radical (unpaired) electrons. The first-order valence-corrected chi connectivity index (χ1v) is 9.34. The van der Waals surface area contributed by atoms with E-state index in [9.17, 15) is 9.90 Å². The van der Waals surface area contributed by atoms with E-state index in [1.54, 1.807) is 6.92 Å². The molecule has 0 fully saturated rings. The number of aromatic amines is 1. The number of fused-ring (bicyclic) bond motifs is 1. The van der Waals surface area contributed by atoms with Gasteiger partial charge in [-0.3, -0.25) is 0 Å². The Bertz CT molecular complexity index is 722. The van der Waals surface area contributed by atoms with Crippen LogP contribution < -0.4 is 10.1 Å². The van der Waals surface area contributed by atoms with E-state index in [2.05, 4.69) is 24.1 Å². The van der Waals surface area contributed by atoms with E-state index >= 15 is 0 Å². The van der Waals surface area contributed by atoms with Crippen molar-refractivity contribution < 1.29 is 19.4 Å². The van der Waals surface area contributed by atoms with Crippen LogP contribution in [-0.2, 0) is 4.74 Å². The highest BCUT2D eigenvalue weighted by Gasteiger charge is 2.19. The van der Waals surface area contributed by atoms with E-state index in [1.807, 2.05) is 25.1 Å². The fourth-order valence-corrected chi connectivity index (χ4v) is 3.03. The predicted octanol–water partition coefficient (Wildman–Crippen LogP) is 3.17. The number of H-pyrrole nitrogens is 1. The number of aliphatic hydroxyl groups is 1.